The van der Waals surface area contributed by atoms with Crippen molar-refractivity contribution in [3.63, 3.8) is 0 Å². The molecule has 2 amide bonds. The summed E-state index contributed by atoms with van der Waals surface area (Å²) in [6.07, 6.45) is 3.46. The van der Waals surface area contributed by atoms with Crippen LogP contribution < -0.4 is 15.4 Å². The van der Waals surface area contributed by atoms with Crippen molar-refractivity contribution in [2.45, 2.75) is 32.6 Å². The zero-order valence-electron chi connectivity index (χ0n) is 16.8. The fraction of sp³-hybridized carbons (Fsp3) is 0.364. The number of hydrogen-bond donors (Lipinski definition) is 2. The van der Waals surface area contributed by atoms with Gasteiger partial charge in [0.1, 0.15) is 12.4 Å². The number of benzene rings is 2. The van der Waals surface area contributed by atoms with Crippen LogP contribution in [0.15, 0.2) is 46.9 Å². The second-order valence-corrected chi connectivity index (χ2v) is 7.44. The summed E-state index contributed by atoms with van der Waals surface area (Å²) in [7, 11) is 1.59. The third kappa shape index (κ3) is 7.87. The number of halogens is 1. The molecule has 6 nitrogen and oxygen atoms in total. The number of ether oxygens (including phenoxy) is 2. The quantitative estimate of drug-likeness (QED) is 0.447. The van der Waals surface area contributed by atoms with E-state index in [2.05, 4.69) is 33.5 Å². The van der Waals surface area contributed by atoms with Crippen LogP contribution in [-0.2, 0) is 9.53 Å². The zero-order chi connectivity index (χ0) is 21.1. The maximum absolute atomic E-state index is 12.8. The number of hydrogen-bond acceptors (Lipinski definition) is 4. The molecule has 0 bridgehead atoms. The molecule has 7 heteroatoms. The fourth-order valence-corrected chi connectivity index (χ4v) is 3.03. The predicted molar refractivity (Wildman–Crippen MR) is 119 cm³/mol. The smallest absolute Gasteiger partial charge is 0.259 e. The van der Waals surface area contributed by atoms with Crippen molar-refractivity contribution in [2.24, 2.45) is 0 Å². The summed E-state index contributed by atoms with van der Waals surface area (Å²) < 4.78 is 11.4. The summed E-state index contributed by atoms with van der Waals surface area (Å²) in [5, 5.41) is 5.73. The van der Waals surface area contributed by atoms with Gasteiger partial charge in [-0.3, -0.25) is 9.59 Å². The van der Waals surface area contributed by atoms with Gasteiger partial charge in [0.15, 0.2) is 0 Å². The van der Waals surface area contributed by atoms with Gasteiger partial charge in [-0.1, -0.05) is 41.8 Å². The SMILES string of the molecule is CCCCCC(=O)Nc1cccc(NC(=O)c2cc(Br)ccc2OCCOC)c1. The Balaban J connectivity index is 2.05. The second-order valence-electron chi connectivity index (χ2n) is 6.52. The summed E-state index contributed by atoms with van der Waals surface area (Å²) in [5.41, 5.74) is 1.64. The molecule has 2 aromatic carbocycles. The summed E-state index contributed by atoms with van der Waals surface area (Å²) in [4.78, 5) is 24.8. The lowest BCUT2D eigenvalue weighted by atomic mass is 10.1. The first-order valence-corrected chi connectivity index (χ1v) is 10.5. The highest BCUT2D eigenvalue weighted by Gasteiger charge is 2.14. The molecule has 0 spiro atoms. The maximum Gasteiger partial charge on any atom is 0.259 e. The second kappa shape index (κ2) is 12.2. The number of nitrogens with one attached hydrogen (secondary N) is 2. The van der Waals surface area contributed by atoms with Crippen molar-refractivity contribution in [1.29, 1.82) is 0 Å². The molecule has 0 aliphatic rings. The number of methoxy groups -OCH3 is 1. The summed E-state index contributed by atoms with van der Waals surface area (Å²) in [6, 6.07) is 12.3. The summed E-state index contributed by atoms with van der Waals surface area (Å²) >= 11 is 3.39. The van der Waals surface area contributed by atoms with Crippen LogP contribution in [0.1, 0.15) is 43.0 Å². The number of unbranched alkanes of at least 4 members (excludes halogenated alkanes) is 2. The van der Waals surface area contributed by atoms with Gasteiger partial charge in [0.2, 0.25) is 5.91 Å². The van der Waals surface area contributed by atoms with Crippen molar-refractivity contribution >= 4 is 39.1 Å². The van der Waals surface area contributed by atoms with E-state index >= 15 is 0 Å². The molecule has 0 fully saturated rings. The molecule has 0 saturated heterocycles. The van der Waals surface area contributed by atoms with Crippen molar-refractivity contribution < 1.29 is 19.1 Å². The fourth-order valence-electron chi connectivity index (χ4n) is 2.67. The van der Waals surface area contributed by atoms with Crippen LogP contribution in [0.4, 0.5) is 11.4 Å². The van der Waals surface area contributed by atoms with E-state index in [-0.39, 0.29) is 11.8 Å². The van der Waals surface area contributed by atoms with Crippen LogP contribution in [0.25, 0.3) is 0 Å². The molecule has 156 valence electrons. The normalized spacial score (nSPS) is 10.4. The van der Waals surface area contributed by atoms with Gasteiger partial charge in [-0.25, -0.2) is 0 Å². The van der Waals surface area contributed by atoms with Crippen LogP contribution in [-0.4, -0.2) is 32.1 Å². The van der Waals surface area contributed by atoms with Crippen LogP contribution in [0.2, 0.25) is 0 Å². The minimum atomic E-state index is -0.301. The van der Waals surface area contributed by atoms with Gasteiger partial charge in [0.05, 0.1) is 12.2 Å². The number of carbonyl (C=O) groups excluding carboxylic acids is 2. The van der Waals surface area contributed by atoms with E-state index in [1.165, 1.54) is 0 Å². The van der Waals surface area contributed by atoms with Gasteiger partial charge >= 0.3 is 0 Å². The Labute approximate surface area is 180 Å². The summed E-state index contributed by atoms with van der Waals surface area (Å²) in [5.74, 6) is 0.149. The Hall–Kier alpha value is -2.38. The number of rotatable bonds is 11. The van der Waals surface area contributed by atoms with Crippen LogP contribution >= 0.6 is 15.9 Å². The first-order chi connectivity index (χ1) is 14.0. The molecule has 2 aromatic rings. The molecule has 2 rings (SSSR count). The van der Waals surface area contributed by atoms with E-state index in [0.717, 1.165) is 23.7 Å². The van der Waals surface area contributed by atoms with Gasteiger partial charge in [-0.05, 0) is 42.8 Å². The molecule has 0 unspecified atom stereocenters. The topological polar surface area (TPSA) is 76.7 Å². The third-order valence-electron chi connectivity index (χ3n) is 4.14. The van der Waals surface area contributed by atoms with Gasteiger partial charge in [0.25, 0.3) is 5.91 Å². The molecular weight excluding hydrogens is 436 g/mol. The lowest BCUT2D eigenvalue weighted by Crippen LogP contribution is -2.15. The summed E-state index contributed by atoms with van der Waals surface area (Å²) in [6.45, 7) is 2.87. The van der Waals surface area contributed by atoms with Gasteiger partial charge in [0, 0.05) is 29.4 Å². The molecule has 0 heterocycles. The zero-order valence-corrected chi connectivity index (χ0v) is 18.4. The Morgan fingerprint density at radius 3 is 2.48 bits per heavy atom. The molecule has 0 radical (unpaired) electrons. The van der Waals surface area contributed by atoms with Crippen molar-refractivity contribution in [2.75, 3.05) is 31.0 Å². The minimum absolute atomic E-state index is 0.0252. The number of amides is 2. The lowest BCUT2D eigenvalue weighted by Gasteiger charge is -2.13. The molecule has 2 N–H and O–H groups in total. The van der Waals surface area contributed by atoms with Crippen molar-refractivity contribution in [3.8, 4) is 5.75 Å². The van der Waals surface area contributed by atoms with Gasteiger partial charge in [-0.15, -0.1) is 0 Å². The average Bonchev–Trinajstić information content (AvgIpc) is 2.69. The monoisotopic (exact) mass is 462 g/mol. The minimum Gasteiger partial charge on any atom is -0.490 e. The Morgan fingerprint density at radius 2 is 1.76 bits per heavy atom. The highest BCUT2D eigenvalue weighted by Crippen LogP contribution is 2.25. The van der Waals surface area contributed by atoms with Gasteiger partial charge < -0.3 is 20.1 Å². The third-order valence-corrected chi connectivity index (χ3v) is 4.64. The van der Waals surface area contributed by atoms with Crippen LogP contribution in [0.5, 0.6) is 5.75 Å². The molecule has 0 aromatic heterocycles. The van der Waals surface area contributed by atoms with E-state index in [1.54, 1.807) is 43.5 Å². The van der Waals surface area contributed by atoms with Crippen LogP contribution in [0.3, 0.4) is 0 Å². The van der Waals surface area contributed by atoms with E-state index in [4.69, 9.17) is 9.47 Å². The first-order valence-electron chi connectivity index (χ1n) is 9.66. The Kier molecular flexibility index (Phi) is 9.67. The van der Waals surface area contributed by atoms with E-state index in [1.807, 2.05) is 6.07 Å². The molecule has 0 aliphatic heterocycles. The molecule has 0 saturated carbocycles. The molecular formula is C22H27BrN2O4. The van der Waals surface area contributed by atoms with Crippen molar-refractivity contribution in [1.82, 2.24) is 0 Å². The first kappa shape index (κ1) is 22.9. The predicted octanol–water partition coefficient (Wildman–Crippen LogP) is 5.25. The van der Waals surface area contributed by atoms with Crippen LogP contribution in [0, 0.1) is 0 Å². The lowest BCUT2D eigenvalue weighted by molar-refractivity contribution is -0.116. The number of carbonyl (C=O) groups is 2. The van der Waals surface area contributed by atoms with E-state index in [0.29, 0.717) is 42.3 Å². The average molecular weight is 463 g/mol. The van der Waals surface area contributed by atoms with Crippen molar-refractivity contribution in [3.05, 3.63) is 52.5 Å². The van der Waals surface area contributed by atoms with E-state index < -0.39 is 0 Å². The Morgan fingerprint density at radius 1 is 1.00 bits per heavy atom. The molecule has 0 atom stereocenters. The van der Waals surface area contributed by atoms with E-state index in [9.17, 15) is 9.59 Å². The van der Waals surface area contributed by atoms with Gasteiger partial charge in [-0.2, -0.15) is 0 Å². The Bertz CT molecular complexity index is 826. The number of anilines is 2. The highest BCUT2D eigenvalue weighted by atomic mass is 79.9. The highest BCUT2D eigenvalue weighted by molar-refractivity contribution is 9.10. The largest absolute Gasteiger partial charge is 0.490 e. The molecule has 0 aliphatic carbocycles. The standard InChI is InChI=1S/C22H27BrN2O4/c1-3-4-5-9-21(26)24-17-7-6-8-18(15-17)25-22(27)19-14-16(23)10-11-20(19)29-13-12-28-2/h6-8,10-11,14-15H,3-5,9,12-13H2,1-2H3,(H,24,26)(H,25,27). The maximum atomic E-state index is 12.8. The molecule has 29 heavy (non-hydrogen) atoms.